The smallest absolute Gasteiger partial charge is 0.121 e. The van der Waals surface area contributed by atoms with Gasteiger partial charge in [0.25, 0.3) is 0 Å². The van der Waals surface area contributed by atoms with E-state index in [1.54, 1.807) is 0 Å². The first-order chi connectivity index (χ1) is 27.3. The minimum atomic E-state index is -0.376. The fraction of sp³-hybridized carbons (Fsp3) is 0.333. The lowest BCUT2D eigenvalue weighted by Crippen LogP contribution is -2.52. The summed E-state index contributed by atoms with van der Waals surface area (Å²) in [7, 11) is 0. The molecule has 4 atom stereocenters. The number of benzene rings is 5. The summed E-state index contributed by atoms with van der Waals surface area (Å²) in [5.41, 5.74) is 5.88. The fourth-order valence-corrected chi connectivity index (χ4v) is 6.53. The average molecular weight is 740 g/mol. The molecule has 0 radical (unpaired) electrons. The van der Waals surface area contributed by atoms with Gasteiger partial charge in [-0.25, -0.2) is 0 Å². The van der Waals surface area contributed by atoms with Gasteiger partial charge in [-0.3, -0.25) is 4.90 Å². The number of hydrogen-bond donors (Lipinski definition) is 0. The number of ether oxygens (including phenoxy) is 6. The SMILES string of the molecule is C(#C[C@@H]1C[C@@H](OCc2ccccc2)[C@@H](OCc2ccccc2)[C@@H](COCc2ccccc2)O1)COCCOCCN(Cc1ccccc1)Cc1ccccc1. The van der Waals surface area contributed by atoms with Gasteiger partial charge < -0.3 is 28.4 Å². The molecule has 0 N–H and O–H groups in total. The minimum absolute atomic E-state index is 0.250. The van der Waals surface area contributed by atoms with E-state index in [4.69, 9.17) is 28.4 Å². The Hall–Kier alpha value is -4.62. The van der Waals surface area contributed by atoms with Gasteiger partial charge in [0, 0.05) is 26.1 Å². The van der Waals surface area contributed by atoms with Crippen molar-refractivity contribution < 1.29 is 28.4 Å². The molecular formula is C48H53NO6. The molecule has 55 heavy (non-hydrogen) atoms. The lowest BCUT2D eigenvalue weighted by molar-refractivity contribution is -0.210. The Morgan fingerprint density at radius 3 is 1.58 bits per heavy atom. The van der Waals surface area contributed by atoms with Gasteiger partial charge in [0.1, 0.15) is 24.9 Å². The van der Waals surface area contributed by atoms with Crippen molar-refractivity contribution in [2.75, 3.05) is 39.6 Å². The maximum absolute atomic E-state index is 6.59. The van der Waals surface area contributed by atoms with E-state index < -0.39 is 0 Å². The summed E-state index contributed by atoms with van der Waals surface area (Å²) in [5.74, 6) is 6.50. The van der Waals surface area contributed by atoms with Crippen LogP contribution in [-0.2, 0) is 61.3 Å². The van der Waals surface area contributed by atoms with Crippen LogP contribution in [0.25, 0.3) is 0 Å². The summed E-state index contributed by atoms with van der Waals surface area (Å²) in [4.78, 5) is 2.41. The molecule has 0 aromatic heterocycles. The molecule has 1 fully saturated rings. The van der Waals surface area contributed by atoms with E-state index in [2.05, 4.69) is 114 Å². The number of rotatable bonds is 21. The van der Waals surface area contributed by atoms with E-state index >= 15 is 0 Å². The normalized spacial score (nSPS) is 18.1. The highest BCUT2D eigenvalue weighted by Crippen LogP contribution is 2.28. The summed E-state index contributed by atoms with van der Waals surface area (Å²) in [6.07, 6.45) is -0.760. The van der Waals surface area contributed by atoms with E-state index in [-0.39, 0.29) is 31.0 Å². The molecule has 0 bridgehead atoms. The Labute approximate surface area is 327 Å². The molecular weight excluding hydrogens is 687 g/mol. The second-order valence-electron chi connectivity index (χ2n) is 13.7. The molecule has 7 nitrogen and oxygen atoms in total. The lowest BCUT2D eigenvalue weighted by Gasteiger charge is -2.40. The van der Waals surface area contributed by atoms with Gasteiger partial charge in [0.2, 0.25) is 0 Å². The topological polar surface area (TPSA) is 58.6 Å². The molecule has 0 spiro atoms. The maximum Gasteiger partial charge on any atom is 0.121 e. The maximum atomic E-state index is 6.59. The van der Waals surface area contributed by atoms with Crippen LogP contribution in [0.15, 0.2) is 152 Å². The van der Waals surface area contributed by atoms with Crippen LogP contribution in [-0.4, -0.2) is 68.9 Å². The lowest BCUT2D eigenvalue weighted by atomic mass is 9.97. The predicted octanol–water partition coefficient (Wildman–Crippen LogP) is 8.27. The zero-order valence-electron chi connectivity index (χ0n) is 31.6. The predicted molar refractivity (Wildman–Crippen MR) is 216 cm³/mol. The Kier molecular flexibility index (Phi) is 17.0. The van der Waals surface area contributed by atoms with Crippen LogP contribution in [0.2, 0.25) is 0 Å². The molecule has 0 amide bonds. The Balaban J connectivity index is 1.00. The highest BCUT2D eigenvalue weighted by Gasteiger charge is 2.40. The second kappa shape index (κ2) is 23.3. The molecule has 1 aliphatic rings. The van der Waals surface area contributed by atoms with E-state index in [9.17, 15) is 0 Å². The Morgan fingerprint density at radius 2 is 1.02 bits per heavy atom. The van der Waals surface area contributed by atoms with Crippen molar-refractivity contribution in [2.24, 2.45) is 0 Å². The average Bonchev–Trinajstić information content (AvgIpc) is 3.23. The van der Waals surface area contributed by atoms with Gasteiger partial charge in [-0.05, 0) is 27.8 Å². The van der Waals surface area contributed by atoms with Crippen LogP contribution in [0.1, 0.15) is 34.2 Å². The van der Waals surface area contributed by atoms with Crippen molar-refractivity contribution in [1.29, 1.82) is 0 Å². The van der Waals surface area contributed by atoms with Gasteiger partial charge in [-0.1, -0.05) is 164 Å². The third-order valence-electron chi connectivity index (χ3n) is 9.36. The fourth-order valence-electron chi connectivity index (χ4n) is 6.53. The second-order valence-corrected chi connectivity index (χ2v) is 13.7. The van der Waals surface area contributed by atoms with Crippen LogP contribution in [0.3, 0.4) is 0 Å². The summed E-state index contributed by atoms with van der Waals surface area (Å²) < 4.78 is 37.8. The van der Waals surface area contributed by atoms with Gasteiger partial charge >= 0.3 is 0 Å². The summed E-state index contributed by atoms with van der Waals surface area (Å²) in [6.45, 7) is 6.17. The van der Waals surface area contributed by atoms with Crippen LogP contribution in [0.4, 0.5) is 0 Å². The minimum Gasteiger partial charge on any atom is -0.378 e. The zero-order chi connectivity index (χ0) is 37.6. The first-order valence-corrected chi connectivity index (χ1v) is 19.3. The van der Waals surface area contributed by atoms with Crippen molar-refractivity contribution in [3.63, 3.8) is 0 Å². The van der Waals surface area contributed by atoms with Crippen LogP contribution >= 0.6 is 0 Å². The molecule has 0 unspecified atom stereocenters. The highest BCUT2D eigenvalue weighted by molar-refractivity contribution is 5.18. The quantitative estimate of drug-likeness (QED) is 0.0555. The molecule has 5 aromatic carbocycles. The Bertz CT molecular complexity index is 1760. The van der Waals surface area contributed by atoms with Crippen molar-refractivity contribution in [3.8, 4) is 11.8 Å². The first-order valence-electron chi connectivity index (χ1n) is 19.3. The monoisotopic (exact) mass is 739 g/mol. The third-order valence-corrected chi connectivity index (χ3v) is 9.36. The van der Waals surface area contributed by atoms with Gasteiger partial charge in [-0.2, -0.15) is 0 Å². The van der Waals surface area contributed by atoms with E-state index in [0.717, 1.165) is 36.3 Å². The van der Waals surface area contributed by atoms with Crippen molar-refractivity contribution in [3.05, 3.63) is 179 Å². The van der Waals surface area contributed by atoms with Gasteiger partial charge in [0.05, 0.1) is 52.4 Å². The third kappa shape index (κ3) is 14.5. The summed E-state index contributed by atoms with van der Waals surface area (Å²) >= 11 is 0. The van der Waals surface area contributed by atoms with Gasteiger partial charge in [0.15, 0.2) is 0 Å². The Morgan fingerprint density at radius 1 is 0.527 bits per heavy atom. The molecule has 6 rings (SSSR count). The van der Waals surface area contributed by atoms with Crippen LogP contribution < -0.4 is 0 Å². The van der Waals surface area contributed by atoms with Crippen molar-refractivity contribution >= 4 is 0 Å². The largest absolute Gasteiger partial charge is 0.378 e. The molecule has 0 aliphatic carbocycles. The van der Waals surface area contributed by atoms with Gasteiger partial charge in [-0.15, -0.1) is 0 Å². The molecule has 7 heteroatoms. The van der Waals surface area contributed by atoms with Crippen LogP contribution in [0.5, 0.6) is 0 Å². The number of nitrogens with zero attached hydrogens (tertiary/aromatic N) is 1. The highest BCUT2D eigenvalue weighted by atomic mass is 16.6. The zero-order valence-corrected chi connectivity index (χ0v) is 31.6. The van der Waals surface area contributed by atoms with E-state index in [0.29, 0.717) is 52.7 Å². The number of hydrogen-bond acceptors (Lipinski definition) is 7. The molecule has 1 aliphatic heterocycles. The molecule has 1 saturated heterocycles. The van der Waals surface area contributed by atoms with Crippen molar-refractivity contribution in [2.45, 2.75) is 63.7 Å². The van der Waals surface area contributed by atoms with E-state index in [1.165, 1.54) is 11.1 Å². The van der Waals surface area contributed by atoms with Crippen molar-refractivity contribution in [1.82, 2.24) is 4.90 Å². The van der Waals surface area contributed by atoms with Crippen LogP contribution in [0, 0.1) is 11.8 Å². The molecule has 0 saturated carbocycles. The first kappa shape index (κ1) is 40.1. The molecule has 286 valence electrons. The standard InChI is InChI=1S/C48H53NO6/c1-6-17-40(18-7-1)34-49(35-41-19-8-2-9-20-41)28-30-51-32-31-50-29-16-27-45-33-46(53-37-43-23-12-4-13-24-43)48(54-38-44-25-14-5-15-26-44)47(55-45)39-52-36-42-21-10-3-11-22-42/h1-15,17-26,45-48H,28-39H2/t45-,46-,47-,48-/m1/s1. The summed E-state index contributed by atoms with van der Waals surface area (Å²) in [5, 5.41) is 0. The molecule has 1 heterocycles. The summed E-state index contributed by atoms with van der Waals surface area (Å²) in [6, 6.07) is 51.7. The molecule has 5 aromatic rings. The van der Waals surface area contributed by atoms with E-state index in [1.807, 2.05) is 54.6 Å².